The summed E-state index contributed by atoms with van der Waals surface area (Å²) in [5, 5.41) is 8.29. The predicted molar refractivity (Wildman–Crippen MR) is 66.6 cm³/mol. The molecular weight excluding hydrogens is 260 g/mol. The highest BCUT2D eigenvalue weighted by atomic mass is 32.2. The van der Waals surface area contributed by atoms with Crippen LogP contribution in [0, 0.1) is 6.92 Å². The second-order valence-electron chi connectivity index (χ2n) is 3.26. The maximum atomic E-state index is 12.0. The molecule has 0 aliphatic carbocycles. The largest absolute Gasteiger partial charge is 0.399 e. The standard InChI is InChI=1S/C9H10N4O2S2/c1-6-11-12-9(16-6)13-17(14,15)8-4-2-7(10)3-5-8/h2-5H,10H2,1H3,(H,12,13,14,15). The second kappa shape index (κ2) is 4.40. The summed E-state index contributed by atoms with van der Waals surface area (Å²) in [4.78, 5) is 0.194. The molecule has 0 fully saturated rings. The summed E-state index contributed by atoms with van der Waals surface area (Å²) in [6, 6.07) is 6.03. The maximum absolute atomic E-state index is 12.0. The van der Waals surface area contributed by atoms with Gasteiger partial charge in [-0.1, -0.05) is 11.3 Å². The predicted octanol–water partition coefficient (Wildman–Crippen LogP) is 2.06. The van der Waals surface area contributed by atoms with E-state index < -0.39 is 10.0 Å². The van der Waals surface area contributed by atoms with Crippen molar-refractivity contribution in [2.24, 2.45) is 4.36 Å². The third-order valence-electron chi connectivity index (χ3n) is 1.90. The van der Waals surface area contributed by atoms with Gasteiger partial charge in [0.1, 0.15) is 5.01 Å². The summed E-state index contributed by atoms with van der Waals surface area (Å²) < 4.78 is 25.5. The Hall–Kier alpha value is -1.51. The zero-order chi connectivity index (χ0) is 12.5. The van der Waals surface area contributed by atoms with E-state index in [2.05, 4.69) is 14.6 Å². The summed E-state index contributed by atoms with van der Waals surface area (Å²) in [5.74, 6) is 0. The Labute approximate surface area is 103 Å². The fourth-order valence-corrected chi connectivity index (χ4v) is 2.85. The van der Waals surface area contributed by atoms with E-state index >= 15 is 0 Å². The highest BCUT2D eigenvalue weighted by Crippen LogP contribution is 2.22. The number of anilines is 1. The first-order valence-electron chi connectivity index (χ1n) is 4.63. The van der Waals surface area contributed by atoms with Crippen LogP contribution in [0.3, 0.4) is 0 Å². The van der Waals surface area contributed by atoms with Crippen molar-refractivity contribution in [3.8, 4) is 0 Å². The first-order valence-corrected chi connectivity index (χ1v) is 6.91. The van der Waals surface area contributed by atoms with Gasteiger partial charge in [0.15, 0.2) is 10.0 Å². The van der Waals surface area contributed by atoms with Gasteiger partial charge in [-0.3, -0.25) is 4.55 Å². The van der Waals surface area contributed by atoms with Gasteiger partial charge in [0.05, 0.1) is 4.90 Å². The van der Waals surface area contributed by atoms with Crippen LogP contribution >= 0.6 is 11.3 Å². The summed E-state index contributed by atoms with van der Waals surface area (Å²) in [6.07, 6.45) is 0. The average molecular weight is 270 g/mol. The molecule has 8 heteroatoms. The Kier molecular flexibility index (Phi) is 3.09. The van der Waals surface area contributed by atoms with Gasteiger partial charge in [-0.2, -0.15) is 0 Å². The molecule has 0 bridgehead atoms. The van der Waals surface area contributed by atoms with Crippen LogP contribution in [-0.4, -0.2) is 19.0 Å². The van der Waals surface area contributed by atoms with Gasteiger partial charge in [-0.05, 0) is 31.2 Å². The normalized spacial score (nSPS) is 14.2. The van der Waals surface area contributed by atoms with Gasteiger partial charge >= 0.3 is 0 Å². The number of nitrogens with zero attached hydrogens (tertiary/aromatic N) is 3. The van der Waals surface area contributed by atoms with Crippen molar-refractivity contribution >= 4 is 32.2 Å². The molecule has 1 aromatic heterocycles. The van der Waals surface area contributed by atoms with E-state index in [-0.39, 0.29) is 10.0 Å². The SMILES string of the molecule is Cc1nnc(N=S(=O)(O)c2ccc(N)cc2)s1. The Morgan fingerprint density at radius 3 is 2.53 bits per heavy atom. The van der Waals surface area contributed by atoms with Crippen molar-refractivity contribution in [1.29, 1.82) is 0 Å². The molecule has 0 saturated heterocycles. The van der Waals surface area contributed by atoms with E-state index in [1.165, 1.54) is 12.1 Å². The minimum absolute atomic E-state index is 0.187. The number of aromatic nitrogens is 2. The van der Waals surface area contributed by atoms with Crippen LogP contribution in [0.1, 0.15) is 5.01 Å². The van der Waals surface area contributed by atoms with Crippen LogP contribution in [0.5, 0.6) is 0 Å². The van der Waals surface area contributed by atoms with Gasteiger partial charge in [-0.25, -0.2) is 4.21 Å². The molecule has 1 atom stereocenters. The number of nitrogen functional groups attached to an aromatic ring is 1. The maximum Gasteiger partial charge on any atom is 0.242 e. The summed E-state index contributed by atoms with van der Waals surface area (Å²) in [5.41, 5.74) is 6.02. The molecule has 90 valence electrons. The minimum atomic E-state index is -3.49. The smallest absolute Gasteiger partial charge is 0.242 e. The average Bonchev–Trinajstić information content (AvgIpc) is 2.63. The second-order valence-corrected chi connectivity index (χ2v) is 6.07. The highest BCUT2D eigenvalue weighted by molar-refractivity contribution is 7.88. The topological polar surface area (TPSA) is 101 Å². The number of hydrogen-bond donors (Lipinski definition) is 2. The summed E-state index contributed by atoms with van der Waals surface area (Å²) in [6.45, 7) is 1.75. The van der Waals surface area contributed by atoms with Gasteiger partial charge < -0.3 is 5.73 Å². The zero-order valence-electron chi connectivity index (χ0n) is 8.90. The van der Waals surface area contributed by atoms with Crippen LogP contribution in [0.4, 0.5) is 10.8 Å². The molecule has 17 heavy (non-hydrogen) atoms. The van der Waals surface area contributed by atoms with Gasteiger partial charge in [-0.15, -0.1) is 14.6 Å². The number of rotatable bonds is 2. The van der Waals surface area contributed by atoms with Crippen molar-refractivity contribution in [3.05, 3.63) is 29.3 Å². The lowest BCUT2D eigenvalue weighted by Crippen LogP contribution is -1.98. The number of nitrogens with two attached hydrogens (primary N) is 1. The Morgan fingerprint density at radius 2 is 2.00 bits per heavy atom. The van der Waals surface area contributed by atoms with Gasteiger partial charge in [0.2, 0.25) is 5.13 Å². The summed E-state index contributed by atoms with van der Waals surface area (Å²) >= 11 is 1.16. The van der Waals surface area contributed by atoms with E-state index in [1.54, 1.807) is 19.1 Å². The van der Waals surface area contributed by atoms with Crippen molar-refractivity contribution in [2.45, 2.75) is 11.8 Å². The Morgan fingerprint density at radius 1 is 1.35 bits per heavy atom. The molecule has 2 aromatic rings. The van der Waals surface area contributed by atoms with E-state index in [0.717, 1.165) is 11.3 Å². The Balaban J connectivity index is 2.45. The van der Waals surface area contributed by atoms with Crippen molar-refractivity contribution in [2.75, 3.05) is 5.73 Å². The molecule has 1 unspecified atom stereocenters. The Bertz CT molecular complexity index is 641. The lowest BCUT2D eigenvalue weighted by molar-refractivity contribution is 0.552. The monoisotopic (exact) mass is 270 g/mol. The lowest BCUT2D eigenvalue weighted by Gasteiger charge is -2.01. The molecule has 0 aliphatic rings. The molecule has 6 nitrogen and oxygen atoms in total. The van der Waals surface area contributed by atoms with Crippen molar-refractivity contribution in [3.63, 3.8) is 0 Å². The van der Waals surface area contributed by atoms with Crippen LogP contribution in [0.25, 0.3) is 0 Å². The number of benzene rings is 1. The van der Waals surface area contributed by atoms with Gasteiger partial charge in [0.25, 0.3) is 0 Å². The molecule has 0 aliphatic heterocycles. The first kappa shape index (κ1) is 12.0. The van der Waals surface area contributed by atoms with Crippen LogP contribution in [-0.2, 0) is 10.0 Å². The first-order chi connectivity index (χ1) is 7.97. The fraction of sp³-hybridized carbons (Fsp3) is 0.111. The molecule has 2 rings (SSSR count). The highest BCUT2D eigenvalue weighted by Gasteiger charge is 2.10. The van der Waals surface area contributed by atoms with E-state index in [0.29, 0.717) is 10.7 Å². The van der Waals surface area contributed by atoms with Crippen LogP contribution in [0.15, 0.2) is 33.5 Å². The van der Waals surface area contributed by atoms with E-state index in [4.69, 9.17) is 5.73 Å². The molecule has 3 N–H and O–H groups in total. The van der Waals surface area contributed by atoms with Crippen LogP contribution < -0.4 is 5.73 Å². The number of hydrogen-bond acceptors (Lipinski definition) is 6. The third-order valence-corrected chi connectivity index (χ3v) is 4.06. The molecule has 0 amide bonds. The van der Waals surface area contributed by atoms with E-state index in [1.807, 2.05) is 0 Å². The number of aryl methyl sites for hydroxylation is 1. The van der Waals surface area contributed by atoms with Gasteiger partial charge in [0, 0.05) is 5.69 Å². The van der Waals surface area contributed by atoms with Crippen molar-refractivity contribution in [1.82, 2.24) is 10.2 Å². The fourth-order valence-electron chi connectivity index (χ4n) is 1.13. The zero-order valence-corrected chi connectivity index (χ0v) is 10.5. The molecule has 0 spiro atoms. The van der Waals surface area contributed by atoms with Crippen LogP contribution in [0.2, 0.25) is 0 Å². The molecule has 0 radical (unpaired) electrons. The van der Waals surface area contributed by atoms with Crippen molar-refractivity contribution < 1.29 is 8.76 Å². The lowest BCUT2D eigenvalue weighted by atomic mass is 10.3. The molecule has 1 aromatic carbocycles. The van der Waals surface area contributed by atoms with E-state index in [9.17, 15) is 8.76 Å². The summed E-state index contributed by atoms with van der Waals surface area (Å²) in [7, 11) is -3.49. The molecule has 0 saturated carbocycles. The molecule has 1 heterocycles. The quantitative estimate of drug-likeness (QED) is 0.813. The third kappa shape index (κ3) is 2.78. The minimum Gasteiger partial charge on any atom is -0.399 e. The molecular formula is C9H10N4O2S2.